The summed E-state index contributed by atoms with van der Waals surface area (Å²) in [7, 11) is 8.47. The minimum atomic E-state index is -0.888. The summed E-state index contributed by atoms with van der Waals surface area (Å²) in [6, 6.07) is 13.1. The van der Waals surface area contributed by atoms with Crippen LogP contribution in [0.5, 0.6) is 0 Å². The average Bonchev–Trinajstić information content (AvgIpc) is 2.46. The van der Waals surface area contributed by atoms with Crippen molar-refractivity contribution in [2.75, 3.05) is 53.8 Å². The molecule has 7 N–H and O–H groups in total. The Morgan fingerprint density at radius 1 is 0.725 bits per heavy atom. The minimum absolute atomic E-state index is 0.0118. The Bertz CT molecular complexity index is 2620. The SMILES string of the molecule is CCC(C)C(C(CC(C)=O)OC)N(C)C(=O)C(CC(=O)C(C(C)C)N(C)C(=O)OCc1ccc(NC(=O)C(CCCNC(N)=O)CC(=O)C(NC(=O)CCCCC(C)=O)C(C)C)cc1)C(C)C.COC(C(C)C(=O)NC(C)C(O)c1ccccc1)C1CCCN1C. The van der Waals surface area contributed by atoms with Crippen molar-refractivity contribution in [2.45, 2.75) is 215 Å². The number of carbonyl (C=O) groups is 10. The van der Waals surface area contributed by atoms with E-state index in [1.165, 1.54) is 32.9 Å². The summed E-state index contributed by atoms with van der Waals surface area (Å²) in [4.78, 5) is 134. The van der Waals surface area contributed by atoms with Gasteiger partial charge in [-0.15, -0.1) is 0 Å². The lowest BCUT2D eigenvalue weighted by molar-refractivity contribution is -0.146. The molecule has 0 spiro atoms. The van der Waals surface area contributed by atoms with Gasteiger partial charge in [0.05, 0.1) is 48.4 Å². The summed E-state index contributed by atoms with van der Waals surface area (Å²) in [5.74, 6) is -4.19. The molecule has 0 aromatic heterocycles. The number of Topliss-reactive ketones (excluding diaryl/α,β-unsaturated/α-hetero) is 4. The predicted octanol–water partition coefficient (Wildman–Crippen LogP) is 8.60. The molecule has 0 bridgehead atoms. The zero-order chi connectivity index (χ0) is 68.8. The van der Waals surface area contributed by atoms with Gasteiger partial charge in [-0.1, -0.05) is 111 Å². The Labute approximate surface area is 542 Å². The van der Waals surface area contributed by atoms with Gasteiger partial charge in [0.1, 0.15) is 18.2 Å². The van der Waals surface area contributed by atoms with E-state index in [1.807, 2.05) is 85.7 Å². The number of ether oxygens (including phenoxy) is 3. The molecule has 22 nitrogen and oxygen atoms in total. The van der Waals surface area contributed by atoms with Crippen LogP contribution in [0.3, 0.4) is 0 Å². The van der Waals surface area contributed by atoms with Crippen molar-refractivity contribution in [3.8, 4) is 0 Å². The maximum atomic E-state index is 14.2. The van der Waals surface area contributed by atoms with E-state index in [9.17, 15) is 53.1 Å². The van der Waals surface area contributed by atoms with Gasteiger partial charge in [0.25, 0.3) is 0 Å². The highest BCUT2D eigenvalue weighted by Crippen LogP contribution is 2.30. The number of amides is 7. The standard InChI is InChI=1S/C50H82N6O11.C19H30N2O3/c1-14-33(8)46(42(66-13)26-35(10)58)55(11)48(63)39(30(2)3)28-41(60)45(32(6)7)56(12)50(65)67-29-36-21-23-38(24-22-36)53-47(62)37(19-17-25-52-49(51)64)27-40(59)44(31(4)5)54-43(61)20-16-15-18-34(9)57;1-13(18(24-4)16-11-8-12-21(16)3)19(23)20-14(2)17(22)15-9-6-5-7-10-15/h21-24,30-33,37,39,42,44-46H,14-20,25-29H2,1-13H3,(H,53,62)(H,54,61)(H3,51,52,64);5-7,9-10,13-14,16-18,22H,8,11-12H2,1-4H3,(H,20,23). The van der Waals surface area contributed by atoms with Crippen LogP contribution < -0.4 is 27.0 Å². The van der Waals surface area contributed by atoms with Crippen LogP contribution in [0.4, 0.5) is 15.3 Å². The Morgan fingerprint density at radius 3 is 1.87 bits per heavy atom. The highest BCUT2D eigenvalue weighted by Gasteiger charge is 2.41. The Balaban J connectivity index is 0.000000971. The quantitative estimate of drug-likeness (QED) is 0.0341. The van der Waals surface area contributed by atoms with Crippen molar-refractivity contribution in [2.24, 2.45) is 47.2 Å². The number of methoxy groups -OCH3 is 2. The zero-order valence-corrected chi connectivity index (χ0v) is 57.6. The lowest BCUT2D eigenvalue weighted by Crippen LogP contribution is -2.53. The van der Waals surface area contributed by atoms with Crippen LogP contribution in [0, 0.1) is 41.4 Å². The van der Waals surface area contributed by atoms with Crippen molar-refractivity contribution in [3.05, 3.63) is 65.7 Å². The van der Waals surface area contributed by atoms with Gasteiger partial charge >= 0.3 is 12.1 Å². The number of ketones is 4. The molecule has 12 atom stereocenters. The van der Waals surface area contributed by atoms with Gasteiger partial charge in [-0.05, 0) is 120 Å². The first kappa shape index (κ1) is 80.5. The predicted molar refractivity (Wildman–Crippen MR) is 352 cm³/mol. The van der Waals surface area contributed by atoms with Gasteiger partial charge in [-0.3, -0.25) is 33.6 Å². The van der Waals surface area contributed by atoms with Gasteiger partial charge in [0, 0.05) is 90.5 Å². The van der Waals surface area contributed by atoms with Crippen LogP contribution >= 0.6 is 0 Å². The molecule has 1 fully saturated rings. The molecule has 22 heteroatoms. The Hall–Kier alpha value is -6.62. The number of urea groups is 1. The number of nitrogens with two attached hydrogens (primary N) is 1. The first-order valence-corrected chi connectivity index (χ1v) is 32.5. The molecule has 12 unspecified atom stereocenters. The number of hydrogen-bond donors (Lipinski definition) is 6. The van der Waals surface area contributed by atoms with Gasteiger partial charge in [0.2, 0.25) is 23.6 Å². The number of benzene rings is 2. The molecule has 2 aromatic carbocycles. The number of primary amides is 1. The molecule has 1 heterocycles. The fraction of sp³-hybridized carbons (Fsp3) is 0.681. The third kappa shape index (κ3) is 27.2. The van der Waals surface area contributed by atoms with E-state index < -0.39 is 60.2 Å². The van der Waals surface area contributed by atoms with Crippen LogP contribution in [0.2, 0.25) is 0 Å². The summed E-state index contributed by atoms with van der Waals surface area (Å²) in [5, 5.41) is 21.5. The molecule has 0 aliphatic carbocycles. The van der Waals surface area contributed by atoms with E-state index in [2.05, 4.69) is 33.2 Å². The third-order valence-electron chi connectivity index (χ3n) is 17.5. The molecule has 3 rings (SSSR count). The number of aliphatic hydroxyl groups is 1. The number of anilines is 1. The zero-order valence-electron chi connectivity index (χ0n) is 57.6. The highest BCUT2D eigenvalue weighted by atomic mass is 16.6. The third-order valence-corrected chi connectivity index (χ3v) is 17.5. The molecule has 1 saturated heterocycles. The topological polar surface area (TPSA) is 302 Å². The van der Waals surface area contributed by atoms with E-state index >= 15 is 0 Å². The smallest absolute Gasteiger partial charge is 0.410 e. The fourth-order valence-corrected chi connectivity index (χ4v) is 11.9. The van der Waals surface area contributed by atoms with E-state index in [1.54, 1.807) is 57.2 Å². The molecule has 2 aromatic rings. The number of unbranched alkanes of at least 4 members (excludes halogenated alkanes) is 1. The lowest BCUT2D eigenvalue weighted by atomic mass is 9.83. The summed E-state index contributed by atoms with van der Waals surface area (Å²) >= 11 is 0. The van der Waals surface area contributed by atoms with Gasteiger partial charge in [-0.25, -0.2) is 9.59 Å². The van der Waals surface area contributed by atoms with Crippen molar-refractivity contribution in [1.29, 1.82) is 0 Å². The fourth-order valence-electron chi connectivity index (χ4n) is 11.9. The van der Waals surface area contributed by atoms with E-state index in [-0.39, 0.29) is 134 Å². The summed E-state index contributed by atoms with van der Waals surface area (Å²) in [6.07, 6.45) is 2.91. The van der Waals surface area contributed by atoms with E-state index in [4.69, 9.17) is 19.9 Å². The molecular formula is C69H112N8O14. The van der Waals surface area contributed by atoms with Crippen LogP contribution in [0.25, 0.3) is 0 Å². The maximum Gasteiger partial charge on any atom is 0.410 e. The molecule has 0 saturated carbocycles. The first-order valence-electron chi connectivity index (χ1n) is 32.5. The van der Waals surface area contributed by atoms with E-state index in [0.29, 0.717) is 36.9 Å². The van der Waals surface area contributed by atoms with Gasteiger partial charge < -0.3 is 65.8 Å². The molecule has 91 heavy (non-hydrogen) atoms. The molecule has 7 amide bonds. The monoisotopic (exact) mass is 1280 g/mol. The summed E-state index contributed by atoms with van der Waals surface area (Å²) in [5.41, 5.74) is 7.02. The van der Waals surface area contributed by atoms with Crippen LogP contribution in [0.15, 0.2) is 54.6 Å². The van der Waals surface area contributed by atoms with Gasteiger partial charge in [0.15, 0.2) is 11.6 Å². The largest absolute Gasteiger partial charge is 0.445 e. The van der Waals surface area contributed by atoms with Crippen molar-refractivity contribution in [1.82, 2.24) is 30.7 Å². The number of likely N-dealkylation sites (N-methyl/N-ethyl adjacent to an activating group) is 3. The number of nitrogens with zero attached hydrogens (tertiary/aromatic N) is 3. The second kappa shape index (κ2) is 41.1. The van der Waals surface area contributed by atoms with E-state index in [0.717, 1.165) is 31.4 Å². The second-order valence-corrected chi connectivity index (χ2v) is 25.9. The number of likely N-dealkylation sites (tertiary alicyclic amines) is 1. The number of nitrogens with one attached hydrogen (secondary N) is 4. The second-order valence-electron chi connectivity index (χ2n) is 25.9. The van der Waals surface area contributed by atoms with Gasteiger partial charge in [-0.2, -0.15) is 0 Å². The highest BCUT2D eigenvalue weighted by molar-refractivity contribution is 5.97. The number of aliphatic hydroxyl groups excluding tert-OH is 1. The molecular weight excluding hydrogens is 1160 g/mol. The van der Waals surface area contributed by atoms with Crippen LogP contribution in [0.1, 0.15) is 177 Å². The Morgan fingerprint density at radius 2 is 1.35 bits per heavy atom. The van der Waals surface area contributed by atoms with Crippen LogP contribution in [-0.2, 0) is 59.2 Å². The molecule has 0 radical (unpaired) electrons. The number of carbonyl (C=O) groups excluding carboxylic acids is 10. The summed E-state index contributed by atoms with van der Waals surface area (Å²) in [6.45, 7) is 22.8. The number of hydrogen-bond acceptors (Lipinski definition) is 15. The normalized spacial score (nSPS) is 16.9. The van der Waals surface area contributed by atoms with Crippen molar-refractivity contribution in [3.63, 3.8) is 0 Å². The number of rotatable bonds is 39. The molecule has 1 aliphatic rings. The minimum Gasteiger partial charge on any atom is -0.445 e. The van der Waals surface area contributed by atoms with Crippen molar-refractivity contribution >= 4 is 64.6 Å². The molecule has 512 valence electrons. The maximum absolute atomic E-state index is 14.2. The molecule has 1 aliphatic heterocycles. The first-order chi connectivity index (χ1) is 42.8. The summed E-state index contributed by atoms with van der Waals surface area (Å²) < 4.78 is 17.0. The average molecular weight is 1280 g/mol. The van der Waals surface area contributed by atoms with Crippen LogP contribution in [-0.4, -0.2) is 170 Å². The Kier molecular flexibility index (Phi) is 36.3. The van der Waals surface area contributed by atoms with Crippen molar-refractivity contribution < 1.29 is 67.3 Å². The lowest BCUT2D eigenvalue weighted by Gasteiger charge is -2.40.